The van der Waals surface area contributed by atoms with E-state index in [4.69, 9.17) is 9.47 Å². The second-order valence-electron chi connectivity index (χ2n) is 3.87. The Morgan fingerprint density at radius 2 is 2.12 bits per heavy atom. The Morgan fingerprint density at radius 3 is 2.69 bits per heavy atom. The number of anilines is 1. The second-order valence-corrected chi connectivity index (χ2v) is 3.87. The largest absolute Gasteiger partial charge is 0.481 e. The maximum absolute atomic E-state index is 5.14. The summed E-state index contributed by atoms with van der Waals surface area (Å²) in [5.41, 5.74) is 0. The van der Waals surface area contributed by atoms with Crippen molar-refractivity contribution in [2.75, 3.05) is 26.1 Å². The normalized spacial score (nSPS) is 12.6. The van der Waals surface area contributed by atoms with Crippen LogP contribution in [0.4, 0.5) is 5.95 Å². The van der Waals surface area contributed by atoms with Gasteiger partial charge in [-0.25, -0.2) is 4.98 Å². The molecule has 0 bridgehead atoms. The van der Waals surface area contributed by atoms with Crippen molar-refractivity contribution in [2.45, 2.75) is 19.9 Å². The standard InChI is InChI=1S/C11H19N3O2/c1-8(2)9(7-15-3)13-11-12-6-5-10(14-11)16-4/h5-6,8-9H,7H2,1-4H3,(H,12,13,14). The summed E-state index contributed by atoms with van der Waals surface area (Å²) in [6, 6.07) is 1.91. The summed E-state index contributed by atoms with van der Waals surface area (Å²) in [5, 5.41) is 3.23. The first-order valence-electron chi connectivity index (χ1n) is 5.30. The van der Waals surface area contributed by atoms with Crippen LogP contribution >= 0.6 is 0 Å². The van der Waals surface area contributed by atoms with Crippen molar-refractivity contribution in [2.24, 2.45) is 5.92 Å². The predicted molar refractivity (Wildman–Crippen MR) is 62.7 cm³/mol. The molecule has 5 heteroatoms. The number of nitrogens with one attached hydrogen (secondary N) is 1. The number of methoxy groups -OCH3 is 2. The minimum absolute atomic E-state index is 0.192. The first-order valence-corrected chi connectivity index (χ1v) is 5.30. The lowest BCUT2D eigenvalue weighted by molar-refractivity contribution is 0.171. The fourth-order valence-corrected chi connectivity index (χ4v) is 1.27. The van der Waals surface area contributed by atoms with Crippen LogP contribution in [0.2, 0.25) is 0 Å². The highest BCUT2D eigenvalue weighted by Crippen LogP contribution is 2.11. The van der Waals surface area contributed by atoms with E-state index < -0.39 is 0 Å². The van der Waals surface area contributed by atoms with Gasteiger partial charge in [0.15, 0.2) is 0 Å². The van der Waals surface area contributed by atoms with Crippen LogP contribution in [-0.4, -0.2) is 36.8 Å². The van der Waals surface area contributed by atoms with E-state index in [0.717, 1.165) is 0 Å². The SMILES string of the molecule is COCC(Nc1nccc(OC)n1)C(C)C. The molecule has 1 aromatic rings. The Labute approximate surface area is 96.2 Å². The number of rotatable bonds is 6. The van der Waals surface area contributed by atoms with Crippen molar-refractivity contribution in [3.8, 4) is 5.88 Å². The summed E-state index contributed by atoms with van der Waals surface area (Å²) in [7, 11) is 3.27. The average molecular weight is 225 g/mol. The van der Waals surface area contributed by atoms with Gasteiger partial charge in [-0.1, -0.05) is 13.8 Å². The summed E-state index contributed by atoms with van der Waals surface area (Å²) in [5.74, 6) is 1.56. The Balaban J connectivity index is 2.68. The summed E-state index contributed by atoms with van der Waals surface area (Å²) >= 11 is 0. The zero-order valence-electron chi connectivity index (χ0n) is 10.2. The molecule has 5 nitrogen and oxygen atoms in total. The number of ether oxygens (including phenoxy) is 2. The maximum Gasteiger partial charge on any atom is 0.226 e. The summed E-state index contributed by atoms with van der Waals surface area (Å²) in [4.78, 5) is 8.33. The van der Waals surface area contributed by atoms with E-state index in [-0.39, 0.29) is 6.04 Å². The molecular formula is C11H19N3O2. The molecule has 0 saturated carbocycles. The summed E-state index contributed by atoms with van der Waals surface area (Å²) < 4.78 is 10.2. The van der Waals surface area contributed by atoms with Crippen molar-refractivity contribution in [3.05, 3.63) is 12.3 Å². The first-order chi connectivity index (χ1) is 7.67. The van der Waals surface area contributed by atoms with Crippen molar-refractivity contribution in [1.82, 2.24) is 9.97 Å². The van der Waals surface area contributed by atoms with Gasteiger partial charge in [-0.05, 0) is 5.92 Å². The highest BCUT2D eigenvalue weighted by molar-refractivity contribution is 5.29. The van der Waals surface area contributed by atoms with E-state index in [1.807, 2.05) is 0 Å². The van der Waals surface area contributed by atoms with Gasteiger partial charge in [-0.2, -0.15) is 4.98 Å². The van der Waals surface area contributed by atoms with Crippen molar-refractivity contribution in [1.29, 1.82) is 0 Å². The quantitative estimate of drug-likeness (QED) is 0.796. The summed E-state index contributed by atoms with van der Waals surface area (Å²) in [6.07, 6.45) is 1.67. The van der Waals surface area contributed by atoms with E-state index >= 15 is 0 Å². The first kappa shape index (κ1) is 12.7. The van der Waals surface area contributed by atoms with Crippen molar-refractivity contribution >= 4 is 5.95 Å². The monoisotopic (exact) mass is 225 g/mol. The molecule has 1 rings (SSSR count). The molecule has 0 saturated heterocycles. The molecule has 0 aromatic carbocycles. The Kier molecular flexibility index (Phi) is 4.98. The molecule has 0 aliphatic heterocycles. The third kappa shape index (κ3) is 3.66. The highest BCUT2D eigenvalue weighted by atomic mass is 16.5. The minimum Gasteiger partial charge on any atom is -0.481 e. The third-order valence-corrected chi connectivity index (χ3v) is 2.30. The molecule has 0 amide bonds. The van der Waals surface area contributed by atoms with Gasteiger partial charge >= 0.3 is 0 Å². The van der Waals surface area contributed by atoms with Crippen LogP contribution in [0.15, 0.2) is 12.3 Å². The smallest absolute Gasteiger partial charge is 0.226 e. The van der Waals surface area contributed by atoms with Crippen LogP contribution < -0.4 is 10.1 Å². The fourth-order valence-electron chi connectivity index (χ4n) is 1.27. The highest BCUT2D eigenvalue weighted by Gasteiger charge is 2.14. The molecule has 1 atom stereocenters. The zero-order chi connectivity index (χ0) is 12.0. The number of hydrogen-bond acceptors (Lipinski definition) is 5. The van der Waals surface area contributed by atoms with Gasteiger partial charge < -0.3 is 14.8 Å². The van der Waals surface area contributed by atoms with Crippen molar-refractivity contribution in [3.63, 3.8) is 0 Å². The lowest BCUT2D eigenvalue weighted by Gasteiger charge is -2.21. The Bertz CT molecular complexity index is 318. The van der Waals surface area contributed by atoms with Gasteiger partial charge in [-0.15, -0.1) is 0 Å². The van der Waals surface area contributed by atoms with Crippen LogP contribution in [0, 0.1) is 5.92 Å². The van der Waals surface area contributed by atoms with Gasteiger partial charge in [0.05, 0.1) is 19.8 Å². The number of hydrogen-bond donors (Lipinski definition) is 1. The molecule has 0 aliphatic rings. The molecule has 90 valence electrons. The lowest BCUT2D eigenvalue weighted by Crippen LogP contribution is -2.31. The third-order valence-electron chi connectivity index (χ3n) is 2.30. The van der Waals surface area contributed by atoms with Gasteiger partial charge in [0.25, 0.3) is 0 Å². The summed E-state index contributed by atoms with van der Waals surface area (Å²) in [6.45, 7) is 4.87. The minimum atomic E-state index is 0.192. The van der Waals surface area contributed by atoms with Crippen LogP contribution in [-0.2, 0) is 4.74 Å². The topological polar surface area (TPSA) is 56.3 Å². The second kappa shape index (κ2) is 6.27. The molecule has 0 radical (unpaired) electrons. The van der Waals surface area contributed by atoms with Gasteiger partial charge in [-0.3, -0.25) is 0 Å². The molecule has 0 spiro atoms. The van der Waals surface area contributed by atoms with Crippen molar-refractivity contribution < 1.29 is 9.47 Å². The van der Waals surface area contributed by atoms with Gasteiger partial charge in [0, 0.05) is 19.4 Å². The van der Waals surface area contributed by atoms with Crippen LogP contribution in [0.3, 0.4) is 0 Å². The van der Waals surface area contributed by atoms with E-state index in [1.165, 1.54) is 0 Å². The average Bonchev–Trinajstić information content (AvgIpc) is 2.28. The Morgan fingerprint density at radius 1 is 1.38 bits per heavy atom. The Hall–Kier alpha value is -1.36. The predicted octanol–water partition coefficient (Wildman–Crippen LogP) is 1.57. The van der Waals surface area contributed by atoms with E-state index in [0.29, 0.717) is 24.4 Å². The molecule has 1 unspecified atom stereocenters. The maximum atomic E-state index is 5.14. The number of nitrogens with zero attached hydrogens (tertiary/aromatic N) is 2. The molecule has 0 fully saturated rings. The van der Waals surface area contributed by atoms with E-state index in [1.54, 1.807) is 26.5 Å². The van der Waals surface area contributed by atoms with Crippen LogP contribution in [0.5, 0.6) is 5.88 Å². The van der Waals surface area contributed by atoms with Gasteiger partial charge in [0.1, 0.15) is 0 Å². The molecule has 0 aliphatic carbocycles. The van der Waals surface area contributed by atoms with Crippen LogP contribution in [0.25, 0.3) is 0 Å². The van der Waals surface area contributed by atoms with Crippen LogP contribution in [0.1, 0.15) is 13.8 Å². The van der Waals surface area contributed by atoms with E-state index in [2.05, 4.69) is 29.1 Å². The van der Waals surface area contributed by atoms with E-state index in [9.17, 15) is 0 Å². The fraction of sp³-hybridized carbons (Fsp3) is 0.636. The lowest BCUT2D eigenvalue weighted by atomic mass is 10.1. The zero-order valence-corrected chi connectivity index (χ0v) is 10.2. The molecule has 1 aromatic heterocycles. The number of aromatic nitrogens is 2. The molecular weight excluding hydrogens is 206 g/mol. The molecule has 1 heterocycles. The van der Waals surface area contributed by atoms with Gasteiger partial charge in [0.2, 0.25) is 11.8 Å². The molecule has 1 N–H and O–H groups in total. The molecule has 16 heavy (non-hydrogen) atoms.